The van der Waals surface area contributed by atoms with Crippen LogP contribution in [-0.2, 0) is 0 Å². The maximum absolute atomic E-state index is 13.3. The molecule has 1 atom stereocenters. The van der Waals surface area contributed by atoms with E-state index in [1.807, 2.05) is 0 Å². The van der Waals surface area contributed by atoms with E-state index in [-0.39, 0.29) is 11.9 Å². The van der Waals surface area contributed by atoms with Gasteiger partial charge < -0.3 is 15.2 Å². The highest BCUT2D eigenvalue weighted by atomic mass is 79.9. The number of halogens is 3. The summed E-state index contributed by atoms with van der Waals surface area (Å²) >= 11 is 6.83. The van der Waals surface area contributed by atoms with Gasteiger partial charge in [-0.1, -0.05) is 0 Å². The molecule has 0 amide bonds. The van der Waals surface area contributed by atoms with Crippen molar-refractivity contribution in [3.8, 4) is 17.2 Å². The molecule has 0 bridgehead atoms. The van der Waals surface area contributed by atoms with Crippen LogP contribution in [0.5, 0.6) is 17.2 Å². The van der Waals surface area contributed by atoms with E-state index in [4.69, 9.17) is 15.2 Å². The third-order valence-electron chi connectivity index (χ3n) is 2.89. The van der Waals surface area contributed by atoms with E-state index in [2.05, 4.69) is 31.9 Å². The van der Waals surface area contributed by atoms with Gasteiger partial charge in [0.05, 0.1) is 16.1 Å². The van der Waals surface area contributed by atoms with Gasteiger partial charge in [-0.2, -0.15) is 0 Å². The number of benzene rings is 2. The zero-order chi connectivity index (χ0) is 15.6. The lowest BCUT2D eigenvalue weighted by molar-refractivity contribution is 0.409. The molecule has 0 saturated carbocycles. The maximum Gasteiger partial charge on any atom is 0.143 e. The smallest absolute Gasteiger partial charge is 0.143 e. The van der Waals surface area contributed by atoms with Crippen molar-refractivity contribution >= 4 is 31.9 Å². The minimum atomic E-state index is -0.343. The minimum Gasteiger partial charge on any atom is -0.496 e. The van der Waals surface area contributed by atoms with E-state index >= 15 is 0 Å². The first-order chi connectivity index (χ1) is 9.92. The number of ether oxygens (including phenoxy) is 2. The molecule has 0 aliphatic rings. The average Bonchev–Trinajstić information content (AvgIpc) is 2.44. The van der Waals surface area contributed by atoms with Crippen LogP contribution in [0, 0.1) is 5.82 Å². The SMILES string of the molecule is COc1cc(Br)c(Oc2ccc(F)cc2C(C)N)cc1Br. The molecule has 112 valence electrons. The van der Waals surface area contributed by atoms with E-state index in [0.717, 1.165) is 8.95 Å². The quantitative estimate of drug-likeness (QED) is 0.744. The standard InChI is InChI=1S/C15H14Br2FNO2/c1-8(19)10-5-9(18)3-4-13(10)21-15-7-11(16)14(20-2)6-12(15)17/h3-8H,19H2,1-2H3. The summed E-state index contributed by atoms with van der Waals surface area (Å²) in [7, 11) is 1.58. The topological polar surface area (TPSA) is 44.5 Å². The fraction of sp³-hybridized carbons (Fsp3) is 0.200. The summed E-state index contributed by atoms with van der Waals surface area (Å²) in [6.07, 6.45) is 0. The van der Waals surface area contributed by atoms with E-state index in [9.17, 15) is 4.39 Å². The highest BCUT2D eigenvalue weighted by Gasteiger charge is 2.14. The Labute approximate surface area is 139 Å². The first-order valence-corrected chi connectivity index (χ1v) is 7.77. The normalized spacial score (nSPS) is 12.1. The van der Waals surface area contributed by atoms with Crippen LogP contribution in [0.4, 0.5) is 4.39 Å². The predicted molar refractivity (Wildman–Crippen MR) is 87.5 cm³/mol. The molecular formula is C15H14Br2FNO2. The van der Waals surface area contributed by atoms with Crippen LogP contribution >= 0.6 is 31.9 Å². The molecular weight excluding hydrogens is 405 g/mol. The van der Waals surface area contributed by atoms with Crippen LogP contribution in [0.1, 0.15) is 18.5 Å². The van der Waals surface area contributed by atoms with E-state index in [0.29, 0.717) is 22.8 Å². The highest BCUT2D eigenvalue weighted by Crippen LogP contribution is 2.39. The first kappa shape index (κ1) is 16.3. The molecule has 2 aromatic rings. The third kappa shape index (κ3) is 3.75. The van der Waals surface area contributed by atoms with Crippen molar-refractivity contribution in [2.75, 3.05) is 7.11 Å². The van der Waals surface area contributed by atoms with Gasteiger partial charge in [0.2, 0.25) is 0 Å². The number of rotatable bonds is 4. The van der Waals surface area contributed by atoms with Gasteiger partial charge in [-0.15, -0.1) is 0 Å². The second kappa shape index (κ2) is 6.77. The van der Waals surface area contributed by atoms with Crippen molar-refractivity contribution in [3.63, 3.8) is 0 Å². The second-order valence-corrected chi connectivity index (χ2v) is 6.20. The number of methoxy groups -OCH3 is 1. The van der Waals surface area contributed by atoms with Gasteiger partial charge in [0.25, 0.3) is 0 Å². The van der Waals surface area contributed by atoms with Gasteiger partial charge in [-0.05, 0) is 69.1 Å². The molecule has 2 rings (SSSR count). The maximum atomic E-state index is 13.3. The summed E-state index contributed by atoms with van der Waals surface area (Å²) in [4.78, 5) is 0. The first-order valence-electron chi connectivity index (χ1n) is 6.18. The Morgan fingerprint density at radius 2 is 1.67 bits per heavy atom. The van der Waals surface area contributed by atoms with E-state index in [1.165, 1.54) is 12.1 Å². The molecule has 1 unspecified atom stereocenters. The van der Waals surface area contributed by atoms with Crippen molar-refractivity contribution in [3.05, 3.63) is 50.7 Å². The molecule has 0 aromatic heterocycles. The lowest BCUT2D eigenvalue weighted by Crippen LogP contribution is -2.07. The summed E-state index contributed by atoms with van der Waals surface area (Å²) in [5.41, 5.74) is 6.47. The lowest BCUT2D eigenvalue weighted by Gasteiger charge is -2.15. The van der Waals surface area contributed by atoms with Crippen molar-refractivity contribution < 1.29 is 13.9 Å². The molecule has 0 fully saturated rings. The van der Waals surface area contributed by atoms with Crippen molar-refractivity contribution in [2.45, 2.75) is 13.0 Å². The summed E-state index contributed by atoms with van der Waals surface area (Å²) in [5.74, 6) is 1.44. The molecule has 0 heterocycles. The molecule has 6 heteroatoms. The van der Waals surface area contributed by atoms with E-state index in [1.54, 1.807) is 32.2 Å². The predicted octanol–water partition coefficient (Wildman–Crippen LogP) is 5.17. The molecule has 0 radical (unpaired) electrons. The fourth-order valence-corrected chi connectivity index (χ4v) is 2.72. The zero-order valence-electron chi connectivity index (χ0n) is 11.5. The van der Waals surface area contributed by atoms with Crippen LogP contribution in [0.15, 0.2) is 39.3 Å². The Balaban J connectivity index is 2.41. The Morgan fingerprint density at radius 1 is 1.05 bits per heavy atom. The van der Waals surface area contributed by atoms with Gasteiger partial charge >= 0.3 is 0 Å². The van der Waals surface area contributed by atoms with Crippen molar-refractivity contribution in [1.29, 1.82) is 0 Å². The van der Waals surface area contributed by atoms with Crippen LogP contribution in [0.2, 0.25) is 0 Å². The van der Waals surface area contributed by atoms with Crippen LogP contribution in [0.3, 0.4) is 0 Å². The van der Waals surface area contributed by atoms with E-state index < -0.39 is 0 Å². The Morgan fingerprint density at radius 3 is 2.29 bits per heavy atom. The molecule has 0 spiro atoms. The van der Waals surface area contributed by atoms with Gasteiger partial charge in [0.1, 0.15) is 23.1 Å². The molecule has 2 N–H and O–H groups in total. The second-order valence-electron chi connectivity index (χ2n) is 4.49. The third-order valence-corrected chi connectivity index (χ3v) is 4.13. The molecule has 3 nitrogen and oxygen atoms in total. The molecule has 0 aliphatic heterocycles. The summed E-state index contributed by atoms with van der Waals surface area (Å²) < 4.78 is 25.9. The lowest BCUT2D eigenvalue weighted by atomic mass is 10.1. The van der Waals surface area contributed by atoms with Crippen molar-refractivity contribution in [2.24, 2.45) is 5.73 Å². The zero-order valence-corrected chi connectivity index (χ0v) is 14.7. The van der Waals surface area contributed by atoms with Crippen LogP contribution in [-0.4, -0.2) is 7.11 Å². The van der Waals surface area contributed by atoms with Gasteiger partial charge in [-0.25, -0.2) is 4.39 Å². The van der Waals surface area contributed by atoms with Crippen LogP contribution in [0.25, 0.3) is 0 Å². The molecule has 21 heavy (non-hydrogen) atoms. The monoisotopic (exact) mass is 417 g/mol. The highest BCUT2D eigenvalue weighted by molar-refractivity contribution is 9.11. The van der Waals surface area contributed by atoms with Gasteiger partial charge in [0.15, 0.2) is 0 Å². The number of nitrogens with two attached hydrogens (primary N) is 1. The van der Waals surface area contributed by atoms with Gasteiger partial charge in [0, 0.05) is 11.6 Å². The van der Waals surface area contributed by atoms with Gasteiger partial charge in [-0.3, -0.25) is 0 Å². The Kier molecular flexibility index (Phi) is 5.24. The number of hydrogen-bond acceptors (Lipinski definition) is 3. The molecule has 2 aromatic carbocycles. The molecule has 0 saturated heterocycles. The number of hydrogen-bond donors (Lipinski definition) is 1. The summed E-state index contributed by atoms with van der Waals surface area (Å²) in [6, 6.07) is 7.51. The fourth-order valence-electron chi connectivity index (χ4n) is 1.83. The summed E-state index contributed by atoms with van der Waals surface area (Å²) in [5, 5.41) is 0. The Bertz CT molecular complexity index is 662. The minimum absolute atomic E-state index is 0.337. The average molecular weight is 419 g/mol. The summed E-state index contributed by atoms with van der Waals surface area (Å²) in [6.45, 7) is 1.78. The van der Waals surface area contributed by atoms with Crippen molar-refractivity contribution in [1.82, 2.24) is 0 Å². The van der Waals surface area contributed by atoms with Crippen LogP contribution < -0.4 is 15.2 Å². The Hall–Kier alpha value is -1.11. The largest absolute Gasteiger partial charge is 0.496 e. The molecule has 0 aliphatic carbocycles.